The van der Waals surface area contributed by atoms with E-state index in [-0.39, 0.29) is 24.4 Å². The Morgan fingerprint density at radius 2 is 1.73 bits per heavy atom. The van der Waals surface area contributed by atoms with Gasteiger partial charge in [0.15, 0.2) is 6.04 Å². The SMILES string of the molecule is O=C(NC1CCCCC1)C1c2cc3ccccc3n2CC(=O)N1c1ccc(Cl)cc1. The average Bonchev–Trinajstić information content (AvgIpc) is 3.12. The second-order valence-electron chi connectivity index (χ2n) is 8.20. The fourth-order valence-corrected chi connectivity index (χ4v) is 4.92. The first-order valence-electron chi connectivity index (χ1n) is 10.6. The average molecular weight is 422 g/mol. The maximum atomic E-state index is 13.6. The van der Waals surface area contributed by atoms with Crippen LogP contribution in [-0.2, 0) is 16.1 Å². The normalized spacial score (nSPS) is 19.7. The Hall–Kier alpha value is -2.79. The Bertz CT molecular complexity index is 1100. The number of hydrogen-bond donors (Lipinski definition) is 1. The summed E-state index contributed by atoms with van der Waals surface area (Å²) in [6, 6.07) is 16.6. The van der Waals surface area contributed by atoms with E-state index in [2.05, 4.69) is 5.32 Å². The summed E-state index contributed by atoms with van der Waals surface area (Å²) in [5, 5.41) is 4.87. The van der Waals surface area contributed by atoms with E-state index in [1.807, 2.05) is 34.9 Å². The maximum Gasteiger partial charge on any atom is 0.249 e. The third-order valence-electron chi connectivity index (χ3n) is 6.25. The Kier molecular flexibility index (Phi) is 4.99. The molecule has 0 radical (unpaired) electrons. The number of fused-ring (bicyclic) bond motifs is 3. The van der Waals surface area contributed by atoms with Gasteiger partial charge in [0, 0.05) is 22.3 Å². The van der Waals surface area contributed by atoms with Crippen molar-refractivity contribution in [3.8, 4) is 0 Å². The molecule has 5 nitrogen and oxygen atoms in total. The molecule has 1 aliphatic heterocycles. The van der Waals surface area contributed by atoms with Crippen LogP contribution in [0.25, 0.3) is 10.9 Å². The van der Waals surface area contributed by atoms with Gasteiger partial charge in [-0.05, 0) is 54.6 Å². The first kappa shape index (κ1) is 19.2. The highest BCUT2D eigenvalue weighted by Crippen LogP contribution is 2.36. The van der Waals surface area contributed by atoms with Crippen molar-refractivity contribution in [3.63, 3.8) is 0 Å². The van der Waals surface area contributed by atoms with Crippen molar-refractivity contribution in [3.05, 3.63) is 65.3 Å². The Morgan fingerprint density at radius 1 is 1.00 bits per heavy atom. The van der Waals surface area contributed by atoms with Gasteiger partial charge in [0.1, 0.15) is 6.54 Å². The van der Waals surface area contributed by atoms with E-state index in [0.717, 1.165) is 42.3 Å². The van der Waals surface area contributed by atoms with Gasteiger partial charge in [0.2, 0.25) is 11.8 Å². The molecule has 1 aliphatic carbocycles. The molecule has 1 aromatic heterocycles. The van der Waals surface area contributed by atoms with Crippen molar-refractivity contribution in [2.75, 3.05) is 4.90 Å². The van der Waals surface area contributed by atoms with Crippen LogP contribution < -0.4 is 10.2 Å². The minimum absolute atomic E-state index is 0.102. The number of rotatable bonds is 3. The molecule has 0 saturated heterocycles. The van der Waals surface area contributed by atoms with Gasteiger partial charge in [-0.25, -0.2) is 0 Å². The lowest BCUT2D eigenvalue weighted by Gasteiger charge is -2.37. The monoisotopic (exact) mass is 421 g/mol. The quantitative estimate of drug-likeness (QED) is 0.658. The molecule has 5 rings (SSSR count). The molecule has 154 valence electrons. The van der Waals surface area contributed by atoms with Crippen molar-refractivity contribution in [1.82, 2.24) is 9.88 Å². The summed E-state index contributed by atoms with van der Waals surface area (Å²) in [4.78, 5) is 28.5. The van der Waals surface area contributed by atoms with Crippen LogP contribution in [0.3, 0.4) is 0 Å². The molecule has 30 heavy (non-hydrogen) atoms. The van der Waals surface area contributed by atoms with Gasteiger partial charge < -0.3 is 9.88 Å². The molecule has 0 bridgehead atoms. The molecule has 0 spiro atoms. The molecule has 2 heterocycles. The van der Waals surface area contributed by atoms with Gasteiger partial charge in [0.05, 0.1) is 5.69 Å². The maximum absolute atomic E-state index is 13.6. The van der Waals surface area contributed by atoms with Crippen molar-refractivity contribution in [2.45, 2.75) is 50.7 Å². The zero-order valence-electron chi connectivity index (χ0n) is 16.7. The van der Waals surface area contributed by atoms with Gasteiger partial charge in [-0.3, -0.25) is 14.5 Å². The zero-order chi connectivity index (χ0) is 20.7. The predicted molar refractivity (Wildman–Crippen MR) is 119 cm³/mol. The van der Waals surface area contributed by atoms with Crippen LogP contribution in [-0.4, -0.2) is 22.4 Å². The fourth-order valence-electron chi connectivity index (χ4n) is 4.80. The largest absolute Gasteiger partial charge is 0.351 e. The van der Waals surface area contributed by atoms with Crippen LogP contribution in [0.1, 0.15) is 43.8 Å². The number of anilines is 1. The lowest BCUT2D eigenvalue weighted by Crippen LogP contribution is -2.51. The van der Waals surface area contributed by atoms with Crippen LogP contribution in [0.15, 0.2) is 54.6 Å². The van der Waals surface area contributed by atoms with Gasteiger partial charge in [-0.15, -0.1) is 0 Å². The minimum Gasteiger partial charge on any atom is -0.351 e. The molecular formula is C24H24ClN3O2. The molecule has 6 heteroatoms. The molecule has 2 aliphatic rings. The van der Waals surface area contributed by atoms with Gasteiger partial charge in [0.25, 0.3) is 0 Å². The second kappa shape index (κ2) is 7.80. The van der Waals surface area contributed by atoms with Crippen LogP contribution in [0.2, 0.25) is 5.02 Å². The first-order chi connectivity index (χ1) is 14.6. The molecule has 1 N–H and O–H groups in total. The number of benzene rings is 2. The minimum atomic E-state index is -0.707. The summed E-state index contributed by atoms with van der Waals surface area (Å²) in [5.41, 5.74) is 2.51. The molecule has 1 unspecified atom stereocenters. The highest BCUT2D eigenvalue weighted by atomic mass is 35.5. The highest BCUT2D eigenvalue weighted by molar-refractivity contribution is 6.30. The Morgan fingerprint density at radius 3 is 2.50 bits per heavy atom. The molecule has 1 fully saturated rings. The molecule has 1 saturated carbocycles. The number of halogens is 1. The summed E-state index contributed by atoms with van der Waals surface area (Å²) in [6.07, 6.45) is 5.48. The van der Waals surface area contributed by atoms with Crippen LogP contribution in [0.5, 0.6) is 0 Å². The smallest absolute Gasteiger partial charge is 0.249 e. The van der Waals surface area contributed by atoms with Gasteiger partial charge in [-0.1, -0.05) is 49.1 Å². The van der Waals surface area contributed by atoms with Crippen molar-refractivity contribution in [1.29, 1.82) is 0 Å². The van der Waals surface area contributed by atoms with Gasteiger partial charge in [-0.2, -0.15) is 0 Å². The fraction of sp³-hybridized carbons (Fsp3) is 0.333. The van der Waals surface area contributed by atoms with E-state index < -0.39 is 6.04 Å². The Labute approximate surface area is 180 Å². The highest BCUT2D eigenvalue weighted by Gasteiger charge is 2.40. The van der Waals surface area contributed by atoms with Crippen LogP contribution in [0.4, 0.5) is 5.69 Å². The standard InChI is InChI=1S/C24H24ClN3O2/c25-17-10-12-19(13-11-17)28-22(29)15-27-20-9-5-4-6-16(20)14-21(27)23(28)24(30)26-18-7-2-1-3-8-18/h4-6,9-14,18,23H,1-3,7-8,15H2,(H,26,30). The molecule has 2 aromatic carbocycles. The van der Waals surface area contributed by atoms with Crippen molar-refractivity contribution >= 4 is 40.0 Å². The summed E-state index contributed by atoms with van der Waals surface area (Å²) >= 11 is 6.06. The topological polar surface area (TPSA) is 54.3 Å². The summed E-state index contributed by atoms with van der Waals surface area (Å²) in [7, 11) is 0. The van der Waals surface area contributed by atoms with Crippen molar-refractivity contribution < 1.29 is 9.59 Å². The van der Waals surface area contributed by atoms with Crippen LogP contribution >= 0.6 is 11.6 Å². The van der Waals surface area contributed by atoms with Crippen molar-refractivity contribution in [2.24, 2.45) is 0 Å². The van der Waals surface area contributed by atoms with E-state index >= 15 is 0 Å². The number of nitrogens with zero attached hydrogens (tertiary/aromatic N) is 2. The number of amides is 2. The number of para-hydroxylation sites is 1. The third-order valence-corrected chi connectivity index (χ3v) is 6.50. The molecular weight excluding hydrogens is 398 g/mol. The summed E-state index contributed by atoms with van der Waals surface area (Å²) < 4.78 is 1.98. The molecule has 3 aromatic rings. The first-order valence-corrected chi connectivity index (χ1v) is 11.0. The van der Waals surface area contributed by atoms with Gasteiger partial charge >= 0.3 is 0 Å². The summed E-state index contributed by atoms with van der Waals surface area (Å²) in [5.74, 6) is -0.219. The summed E-state index contributed by atoms with van der Waals surface area (Å²) in [6.45, 7) is 0.207. The lowest BCUT2D eigenvalue weighted by molar-refractivity contribution is -0.128. The zero-order valence-corrected chi connectivity index (χ0v) is 17.4. The van der Waals surface area contributed by atoms with E-state index in [1.165, 1.54) is 6.42 Å². The molecule has 2 amide bonds. The lowest BCUT2D eigenvalue weighted by atomic mass is 9.95. The van der Waals surface area contributed by atoms with E-state index in [4.69, 9.17) is 11.6 Å². The third kappa shape index (κ3) is 3.37. The van der Waals surface area contributed by atoms with E-state index in [0.29, 0.717) is 10.7 Å². The number of hydrogen-bond acceptors (Lipinski definition) is 2. The van der Waals surface area contributed by atoms with E-state index in [1.54, 1.807) is 29.2 Å². The predicted octanol–water partition coefficient (Wildman–Crippen LogP) is 4.83. The van der Waals surface area contributed by atoms with E-state index in [9.17, 15) is 9.59 Å². The number of aromatic nitrogens is 1. The number of carbonyl (C=O) groups excluding carboxylic acids is 2. The Balaban J connectivity index is 1.59. The number of nitrogens with one attached hydrogen (secondary N) is 1. The van der Waals surface area contributed by atoms with Crippen LogP contribution in [0, 0.1) is 0 Å². The second-order valence-corrected chi connectivity index (χ2v) is 8.64. The number of carbonyl (C=O) groups is 2. The molecule has 1 atom stereocenters.